The second-order valence-corrected chi connectivity index (χ2v) is 13.9. The zero-order chi connectivity index (χ0) is 16.6. The van der Waals surface area contributed by atoms with Crippen LogP contribution in [0.4, 0.5) is 0 Å². The van der Waals surface area contributed by atoms with Gasteiger partial charge in [-0.25, -0.2) is 0 Å². The number of hydrogen-bond acceptors (Lipinski definition) is 2. The molecule has 2 rings (SSSR count). The molecule has 8 heteroatoms. The van der Waals surface area contributed by atoms with Crippen LogP contribution in [0.2, 0.25) is 0 Å². The molecule has 3 unspecified atom stereocenters. The van der Waals surface area contributed by atoms with Gasteiger partial charge in [0.15, 0.2) is 10.8 Å². The fraction of sp³-hybridized carbons (Fsp3) is 0.429. The predicted molar refractivity (Wildman–Crippen MR) is 112 cm³/mol. The van der Waals surface area contributed by atoms with Gasteiger partial charge in [-0.1, -0.05) is 104 Å². The molecule has 0 bridgehead atoms. The maximum atomic E-state index is 6.11. The third-order valence-corrected chi connectivity index (χ3v) is 14.1. The van der Waals surface area contributed by atoms with Gasteiger partial charge in [0.05, 0.1) is 4.83 Å². The summed E-state index contributed by atoms with van der Waals surface area (Å²) in [6, 6.07) is 9.56. The van der Waals surface area contributed by atoms with Gasteiger partial charge in [0.1, 0.15) is 12.2 Å². The summed E-state index contributed by atoms with van der Waals surface area (Å²) in [5.74, 6) is 0.753. The Morgan fingerprint density at radius 2 is 1.64 bits per heavy atom. The minimum absolute atomic E-state index is 0.0402. The first kappa shape index (κ1) is 19.9. The minimum Gasteiger partial charge on any atom is -0.465 e. The fourth-order valence-electron chi connectivity index (χ4n) is 1.90. The third kappa shape index (κ3) is 3.88. The molecule has 0 aromatic heterocycles. The molecule has 22 heavy (non-hydrogen) atoms. The third-order valence-electron chi connectivity index (χ3n) is 3.06. The van der Waals surface area contributed by atoms with Crippen molar-refractivity contribution in [1.82, 2.24) is 0 Å². The number of benzene rings is 1. The van der Waals surface area contributed by atoms with Gasteiger partial charge in [-0.05, 0) is 41.1 Å². The van der Waals surface area contributed by atoms with Crippen molar-refractivity contribution in [3.05, 3.63) is 42.5 Å². The Hall–Kier alpha value is 1.60. The highest BCUT2D eigenvalue weighted by molar-refractivity contribution is 9.31. The van der Waals surface area contributed by atoms with Crippen molar-refractivity contribution in [3.8, 4) is 5.75 Å². The van der Waals surface area contributed by atoms with Crippen LogP contribution >= 0.6 is 95.6 Å². The van der Waals surface area contributed by atoms with Crippen LogP contribution in [-0.4, -0.2) is 22.1 Å². The first-order valence-electron chi connectivity index (χ1n) is 6.27. The van der Waals surface area contributed by atoms with Gasteiger partial charge in [-0.15, -0.1) is 0 Å². The molecule has 2 nitrogen and oxygen atoms in total. The molecule has 0 amide bonds. The van der Waals surface area contributed by atoms with Crippen molar-refractivity contribution in [2.24, 2.45) is 0 Å². The average molecular weight is 692 g/mol. The summed E-state index contributed by atoms with van der Waals surface area (Å²) < 4.78 is 9.86. The number of para-hydroxylation sites is 1. The maximum absolute atomic E-state index is 6.11. The van der Waals surface area contributed by atoms with Crippen molar-refractivity contribution >= 4 is 95.6 Å². The molecule has 0 aliphatic heterocycles. The summed E-state index contributed by atoms with van der Waals surface area (Å²) in [4.78, 5) is 0.0402. The number of hydrogen-bond donors (Lipinski definition) is 0. The molecule has 0 radical (unpaired) electrons. The van der Waals surface area contributed by atoms with Crippen molar-refractivity contribution in [3.63, 3.8) is 0 Å². The van der Waals surface area contributed by atoms with Gasteiger partial charge < -0.3 is 9.47 Å². The molecule has 0 fully saturated rings. The van der Waals surface area contributed by atoms with Crippen LogP contribution < -0.4 is 4.74 Å². The summed E-state index contributed by atoms with van der Waals surface area (Å²) in [6.07, 6.45) is 3.46. The van der Waals surface area contributed by atoms with E-state index in [1.54, 1.807) is 0 Å². The van der Waals surface area contributed by atoms with E-state index < -0.39 is 17.3 Å². The van der Waals surface area contributed by atoms with Crippen LogP contribution in [0.3, 0.4) is 0 Å². The van der Waals surface area contributed by atoms with Gasteiger partial charge in [0.2, 0.25) is 0 Å². The molecule has 0 saturated carbocycles. The zero-order valence-corrected chi connectivity index (χ0v) is 20.8. The number of rotatable bonds is 4. The van der Waals surface area contributed by atoms with Gasteiger partial charge in [0.25, 0.3) is 0 Å². The standard InChI is InChI=1S/C14H12Br6O2/c1-9(21-10-5-3-2-4-6-10)22-12(16)8-7-11(15)13(17,18)14(12,19)20/h2-9,11H,1H3. The van der Waals surface area contributed by atoms with Crippen molar-refractivity contribution < 1.29 is 9.47 Å². The summed E-state index contributed by atoms with van der Waals surface area (Å²) >= 11 is 22.1. The zero-order valence-electron chi connectivity index (χ0n) is 11.3. The van der Waals surface area contributed by atoms with Gasteiger partial charge in [0, 0.05) is 0 Å². The first-order chi connectivity index (χ1) is 10.1. The molecular formula is C14H12Br6O2. The van der Waals surface area contributed by atoms with Crippen LogP contribution in [0.1, 0.15) is 6.92 Å². The molecule has 122 valence electrons. The molecule has 0 spiro atoms. The predicted octanol–water partition coefficient (Wildman–Crippen LogP) is 6.82. The van der Waals surface area contributed by atoms with E-state index in [-0.39, 0.29) is 4.83 Å². The highest BCUT2D eigenvalue weighted by Crippen LogP contribution is 2.63. The van der Waals surface area contributed by atoms with E-state index in [4.69, 9.17) is 9.47 Å². The summed E-state index contributed by atoms with van der Waals surface area (Å²) in [6.45, 7) is 1.85. The number of alkyl halides is 6. The largest absolute Gasteiger partial charge is 0.465 e. The molecule has 1 aromatic rings. The van der Waals surface area contributed by atoms with Gasteiger partial charge in [-0.2, -0.15) is 0 Å². The van der Waals surface area contributed by atoms with Gasteiger partial charge >= 0.3 is 0 Å². The molecule has 1 aliphatic carbocycles. The minimum atomic E-state index is -0.842. The Morgan fingerprint density at radius 3 is 2.23 bits per heavy atom. The van der Waals surface area contributed by atoms with E-state index in [2.05, 4.69) is 95.6 Å². The Morgan fingerprint density at radius 1 is 1.05 bits per heavy atom. The quantitative estimate of drug-likeness (QED) is 0.196. The van der Waals surface area contributed by atoms with Crippen LogP contribution in [0.5, 0.6) is 5.75 Å². The van der Waals surface area contributed by atoms with E-state index >= 15 is 0 Å². The fourth-order valence-corrected chi connectivity index (χ4v) is 6.11. The SMILES string of the molecule is CC(Oc1ccccc1)OC1(Br)C=CC(Br)C(Br)(Br)C1(Br)Br. The van der Waals surface area contributed by atoms with Crippen LogP contribution in [0.25, 0.3) is 0 Å². The number of allylic oxidation sites excluding steroid dienone is 1. The number of halogens is 6. The highest BCUT2D eigenvalue weighted by Gasteiger charge is 2.63. The lowest BCUT2D eigenvalue weighted by atomic mass is 10.0. The Bertz CT molecular complexity index is 548. The van der Waals surface area contributed by atoms with E-state index in [1.807, 2.05) is 49.4 Å². The van der Waals surface area contributed by atoms with Crippen LogP contribution in [0.15, 0.2) is 42.5 Å². The Kier molecular flexibility index (Phi) is 6.75. The molecule has 3 atom stereocenters. The number of ether oxygens (including phenoxy) is 2. The lowest BCUT2D eigenvalue weighted by molar-refractivity contribution is -0.106. The lowest BCUT2D eigenvalue weighted by Crippen LogP contribution is -2.58. The van der Waals surface area contributed by atoms with Crippen molar-refractivity contribution in [2.45, 2.75) is 29.0 Å². The van der Waals surface area contributed by atoms with Crippen LogP contribution in [0, 0.1) is 0 Å². The first-order valence-corrected chi connectivity index (χ1v) is 11.2. The van der Waals surface area contributed by atoms with E-state index in [9.17, 15) is 0 Å². The van der Waals surface area contributed by atoms with Crippen LogP contribution in [-0.2, 0) is 4.74 Å². The van der Waals surface area contributed by atoms with E-state index in [0.29, 0.717) is 0 Å². The lowest BCUT2D eigenvalue weighted by Gasteiger charge is -2.49. The molecule has 1 aliphatic rings. The molecule has 0 heterocycles. The summed E-state index contributed by atoms with van der Waals surface area (Å²) in [5.41, 5.74) is 0. The summed E-state index contributed by atoms with van der Waals surface area (Å²) in [7, 11) is 0. The van der Waals surface area contributed by atoms with Crippen molar-refractivity contribution in [1.29, 1.82) is 0 Å². The highest BCUT2D eigenvalue weighted by atomic mass is 79.9. The second kappa shape index (κ2) is 7.46. The normalized spacial score (nSPS) is 30.8. The molecule has 0 N–H and O–H groups in total. The Labute approximate surface area is 180 Å². The smallest absolute Gasteiger partial charge is 0.199 e. The molecule has 1 aromatic carbocycles. The van der Waals surface area contributed by atoms with Crippen molar-refractivity contribution in [2.75, 3.05) is 0 Å². The monoisotopic (exact) mass is 686 g/mol. The van der Waals surface area contributed by atoms with Gasteiger partial charge in [-0.3, -0.25) is 0 Å². The maximum Gasteiger partial charge on any atom is 0.199 e. The van der Waals surface area contributed by atoms with E-state index in [0.717, 1.165) is 5.75 Å². The summed E-state index contributed by atoms with van der Waals surface area (Å²) in [5, 5.41) is 0. The Balaban J connectivity index is 2.18. The van der Waals surface area contributed by atoms with E-state index in [1.165, 1.54) is 0 Å². The second-order valence-electron chi connectivity index (χ2n) is 4.72. The molecular weight excluding hydrogens is 680 g/mol. The average Bonchev–Trinajstić information content (AvgIpc) is 2.44. The topological polar surface area (TPSA) is 18.5 Å². The molecule has 0 saturated heterocycles.